The van der Waals surface area contributed by atoms with Gasteiger partial charge in [-0.25, -0.2) is 8.78 Å². The molecule has 1 heterocycles. The Bertz CT molecular complexity index is 481. The van der Waals surface area contributed by atoms with E-state index < -0.39 is 6.43 Å². The Morgan fingerprint density at radius 1 is 1.29 bits per heavy atom. The summed E-state index contributed by atoms with van der Waals surface area (Å²) < 4.78 is 26.4. The lowest BCUT2D eigenvalue weighted by Gasteiger charge is -1.97. The number of benzene rings is 1. The van der Waals surface area contributed by atoms with Gasteiger partial charge in [-0.1, -0.05) is 15.9 Å². The molecular formula is C8H4Br2F2N2. The Balaban J connectivity index is 2.78. The smallest absolute Gasteiger partial charge is 0.275 e. The van der Waals surface area contributed by atoms with Crippen molar-refractivity contribution in [2.24, 2.45) is 0 Å². The summed E-state index contributed by atoms with van der Waals surface area (Å²) in [5.74, 6) is 0. The molecule has 0 aliphatic rings. The molecule has 74 valence electrons. The first kappa shape index (κ1) is 10.0. The van der Waals surface area contributed by atoms with Gasteiger partial charge in [-0.2, -0.15) is 5.10 Å². The molecule has 0 saturated heterocycles. The zero-order valence-corrected chi connectivity index (χ0v) is 9.86. The fourth-order valence-corrected chi connectivity index (χ4v) is 2.54. The van der Waals surface area contributed by atoms with Crippen LogP contribution in [0.25, 0.3) is 10.9 Å². The van der Waals surface area contributed by atoms with E-state index in [0.717, 1.165) is 4.47 Å². The first-order valence-electron chi connectivity index (χ1n) is 3.70. The third-order valence-electron chi connectivity index (χ3n) is 1.82. The molecule has 1 aromatic heterocycles. The molecule has 1 aromatic carbocycles. The van der Waals surface area contributed by atoms with Gasteiger partial charge in [0.2, 0.25) is 0 Å². The number of alkyl halides is 2. The Morgan fingerprint density at radius 3 is 2.64 bits per heavy atom. The number of rotatable bonds is 1. The quantitative estimate of drug-likeness (QED) is 0.842. The van der Waals surface area contributed by atoms with E-state index in [1.807, 2.05) is 0 Å². The zero-order valence-electron chi connectivity index (χ0n) is 6.69. The van der Waals surface area contributed by atoms with Crippen LogP contribution < -0.4 is 0 Å². The first-order valence-corrected chi connectivity index (χ1v) is 5.29. The van der Waals surface area contributed by atoms with Crippen LogP contribution in [-0.2, 0) is 0 Å². The summed E-state index contributed by atoms with van der Waals surface area (Å²) in [5.41, 5.74) is 0.366. The number of nitrogens with one attached hydrogen (secondary N) is 1. The van der Waals surface area contributed by atoms with Crippen molar-refractivity contribution in [3.63, 3.8) is 0 Å². The van der Waals surface area contributed by atoms with Gasteiger partial charge in [0.25, 0.3) is 6.43 Å². The van der Waals surface area contributed by atoms with E-state index in [0.29, 0.717) is 15.4 Å². The molecule has 1 N–H and O–H groups in total. The summed E-state index contributed by atoms with van der Waals surface area (Å²) in [4.78, 5) is 0. The van der Waals surface area contributed by atoms with Gasteiger partial charge in [-0.15, -0.1) is 0 Å². The number of hydrogen-bond donors (Lipinski definition) is 1. The van der Waals surface area contributed by atoms with Crippen LogP contribution in [-0.4, -0.2) is 10.2 Å². The third kappa shape index (κ3) is 1.56. The summed E-state index contributed by atoms with van der Waals surface area (Å²) in [6.45, 7) is 0. The molecule has 0 atom stereocenters. The van der Waals surface area contributed by atoms with Crippen molar-refractivity contribution in [2.45, 2.75) is 6.43 Å². The minimum atomic E-state index is -2.54. The molecule has 0 fully saturated rings. The topological polar surface area (TPSA) is 28.7 Å². The van der Waals surface area contributed by atoms with Crippen LogP contribution in [0.15, 0.2) is 21.1 Å². The largest absolute Gasteiger partial charge is 0.280 e. The lowest BCUT2D eigenvalue weighted by molar-refractivity contribution is 0.147. The monoisotopic (exact) mass is 324 g/mol. The summed E-state index contributed by atoms with van der Waals surface area (Å²) >= 11 is 6.49. The van der Waals surface area contributed by atoms with E-state index in [2.05, 4.69) is 42.1 Å². The van der Waals surface area contributed by atoms with Gasteiger partial charge in [-0.3, -0.25) is 5.10 Å². The Labute approximate surface area is 94.9 Å². The summed E-state index contributed by atoms with van der Waals surface area (Å²) in [5, 5.41) is 6.57. The van der Waals surface area contributed by atoms with Gasteiger partial charge in [-0.05, 0) is 28.1 Å². The zero-order chi connectivity index (χ0) is 10.3. The van der Waals surface area contributed by atoms with Crippen LogP contribution in [0.5, 0.6) is 0 Å². The van der Waals surface area contributed by atoms with Crippen LogP contribution in [0.1, 0.15) is 12.1 Å². The second-order valence-electron chi connectivity index (χ2n) is 2.72. The van der Waals surface area contributed by atoms with E-state index in [1.54, 1.807) is 12.1 Å². The van der Waals surface area contributed by atoms with E-state index >= 15 is 0 Å². The van der Waals surface area contributed by atoms with Crippen LogP contribution in [0.3, 0.4) is 0 Å². The van der Waals surface area contributed by atoms with Crippen molar-refractivity contribution in [3.8, 4) is 0 Å². The summed E-state index contributed by atoms with van der Waals surface area (Å²) in [6, 6.07) is 3.38. The highest BCUT2D eigenvalue weighted by molar-refractivity contribution is 9.11. The molecule has 14 heavy (non-hydrogen) atoms. The number of aromatic amines is 1. The summed E-state index contributed by atoms with van der Waals surface area (Å²) in [6.07, 6.45) is -2.54. The number of halogens is 4. The van der Waals surface area contributed by atoms with Crippen molar-refractivity contribution < 1.29 is 8.78 Å². The molecule has 2 aromatic rings. The highest BCUT2D eigenvalue weighted by atomic mass is 79.9. The molecule has 0 aliphatic carbocycles. The molecule has 0 amide bonds. The van der Waals surface area contributed by atoms with Crippen LogP contribution >= 0.6 is 31.9 Å². The van der Waals surface area contributed by atoms with Gasteiger partial charge in [0, 0.05) is 14.3 Å². The lowest BCUT2D eigenvalue weighted by Crippen LogP contribution is -1.84. The number of H-pyrrole nitrogens is 1. The van der Waals surface area contributed by atoms with Gasteiger partial charge in [0.1, 0.15) is 11.2 Å². The van der Waals surface area contributed by atoms with Crippen molar-refractivity contribution in [2.75, 3.05) is 0 Å². The molecule has 2 nitrogen and oxygen atoms in total. The molecule has 2 rings (SSSR count). The maximum atomic E-state index is 12.5. The third-order valence-corrected chi connectivity index (χ3v) is 2.89. The van der Waals surface area contributed by atoms with Crippen molar-refractivity contribution >= 4 is 42.8 Å². The second kappa shape index (κ2) is 3.58. The first-order chi connectivity index (χ1) is 6.59. The predicted molar refractivity (Wildman–Crippen MR) is 56.5 cm³/mol. The minimum Gasteiger partial charge on any atom is -0.275 e. The second-order valence-corrected chi connectivity index (χ2v) is 4.49. The fraction of sp³-hybridized carbons (Fsp3) is 0.125. The van der Waals surface area contributed by atoms with E-state index in [4.69, 9.17) is 0 Å². The molecule has 0 saturated carbocycles. The number of aromatic nitrogens is 2. The predicted octanol–water partition coefficient (Wildman–Crippen LogP) is 4.03. The van der Waals surface area contributed by atoms with Crippen molar-refractivity contribution in [1.29, 1.82) is 0 Å². The van der Waals surface area contributed by atoms with Gasteiger partial charge < -0.3 is 0 Å². The highest BCUT2D eigenvalue weighted by Crippen LogP contribution is 2.32. The van der Waals surface area contributed by atoms with Gasteiger partial charge >= 0.3 is 0 Å². The van der Waals surface area contributed by atoms with E-state index in [1.165, 1.54) is 0 Å². The maximum Gasteiger partial charge on any atom is 0.280 e. The Kier molecular flexibility index (Phi) is 2.57. The maximum absolute atomic E-state index is 12.5. The fourth-order valence-electron chi connectivity index (χ4n) is 1.23. The Hall–Kier alpha value is -0.490. The average molecular weight is 326 g/mol. The minimum absolute atomic E-state index is 0.151. The molecule has 0 spiro atoms. The van der Waals surface area contributed by atoms with Crippen molar-refractivity contribution in [3.05, 3.63) is 26.8 Å². The van der Waals surface area contributed by atoms with Crippen LogP contribution in [0, 0.1) is 0 Å². The van der Waals surface area contributed by atoms with Crippen molar-refractivity contribution in [1.82, 2.24) is 10.2 Å². The molecular weight excluding hydrogens is 322 g/mol. The molecule has 6 heteroatoms. The molecule has 0 unspecified atom stereocenters. The molecule has 0 radical (unpaired) electrons. The van der Waals surface area contributed by atoms with Gasteiger partial charge in [0.15, 0.2) is 0 Å². The molecule has 0 aliphatic heterocycles. The van der Waals surface area contributed by atoms with Crippen LogP contribution in [0.4, 0.5) is 8.78 Å². The van der Waals surface area contributed by atoms with Gasteiger partial charge in [0.05, 0.1) is 0 Å². The SMILES string of the molecule is FC(F)c1[nH]nc2c(Br)cc(Br)cc12. The number of nitrogens with zero attached hydrogens (tertiary/aromatic N) is 1. The standard InChI is InChI=1S/C8H4Br2F2N2/c9-3-1-4-6(5(10)2-3)13-14-7(4)8(11)12/h1-2,8H,(H,13,14). The Morgan fingerprint density at radius 2 is 2.00 bits per heavy atom. The highest BCUT2D eigenvalue weighted by Gasteiger charge is 2.16. The molecule has 0 bridgehead atoms. The van der Waals surface area contributed by atoms with E-state index in [9.17, 15) is 8.78 Å². The summed E-state index contributed by atoms with van der Waals surface area (Å²) in [7, 11) is 0. The number of hydrogen-bond acceptors (Lipinski definition) is 1. The number of fused-ring (bicyclic) bond motifs is 1. The van der Waals surface area contributed by atoms with Crippen LogP contribution in [0.2, 0.25) is 0 Å². The normalized spacial score (nSPS) is 11.5. The van der Waals surface area contributed by atoms with E-state index in [-0.39, 0.29) is 5.69 Å². The lowest BCUT2D eigenvalue weighted by atomic mass is 10.2. The average Bonchev–Trinajstić information content (AvgIpc) is 2.47.